The minimum Gasteiger partial charge on any atom is -0.465 e. The van der Waals surface area contributed by atoms with Crippen LogP contribution in [0.3, 0.4) is 0 Å². The van der Waals surface area contributed by atoms with Crippen LogP contribution in [0.4, 0.5) is 4.79 Å². The molecule has 3 atom stereocenters. The lowest BCUT2D eigenvalue weighted by atomic mass is 9.67. The van der Waals surface area contributed by atoms with E-state index in [1.807, 2.05) is 20.8 Å². The summed E-state index contributed by atoms with van der Waals surface area (Å²) in [5.74, 6) is 3.05. The fourth-order valence-corrected chi connectivity index (χ4v) is 5.71. The van der Waals surface area contributed by atoms with E-state index in [0.29, 0.717) is 13.0 Å². The van der Waals surface area contributed by atoms with Gasteiger partial charge in [-0.25, -0.2) is 4.79 Å². The highest BCUT2D eigenvalue weighted by molar-refractivity contribution is 6.83. The second kappa shape index (κ2) is 7.79. The molecule has 1 fully saturated rings. The van der Waals surface area contributed by atoms with Crippen molar-refractivity contribution in [1.29, 1.82) is 0 Å². The number of aliphatic hydroxyl groups is 1. The molecule has 0 radical (unpaired) electrons. The normalized spacial score (nSPS) is 25.3. The van der Waals surface area contributed by atoms with E-state index in [1.54, 1.807) is 0 Å². The van der Waals surface area contributed by atoms with Gasteiger partial charge in [0.1, 0.15) is 19.7 Å². The van der Waals surface area contributed by atoms with Crippen LogP contribution in [0.5, 0.6) is 0 Å². The van der Waals surface area contributed by atoms with Crippen LogP contribution in [0.1, 0.15) is 48.0 Å². The predicted octanol–water partition coefficient (Wildman–Crippen LogP) is 4.79. The van der Waals surface area contributed by atoms with Crippen LogP contribution >= 0.6 is 0 Å². The molecule has 0 saturated carbocycles. The number of aliphatic hydroxyl groups excluding tert-OH is 1. The standard InChI is InChI=1S/C21H41NO4Si2/c1-19(2,3)21(16(23)13-15-27(7,8)9)17(12-14-22(21)18(24)25)26-28(10,11)20(4,5)6/h16-17,23H,12,14H2,1-11H3,(H,24,25)/t16?,17-,21+/m0/s1. The van der Waals surface area contributed by atoms with Gasteiger partial charge in [0.05, 0.1) is 6.10 Å². The molecule has 28 heavy (non-hydrogen) atoms. The van der Waals surface area contributed by atoms with Crippen LogP contribution < -0.4 is 0 Å². The summed E-state index contributed by atoms with van der Waals surface area (Å²) in [6.45, 7) is 23.5. The highest BCUT2D eigenvalue weighted by Gasteiger charge is 2.63. The van der Waals surface area contributed by atoms with Crippen LogP contribution in [0.25, 0.3) is 0 Å². The lowest BCUT2D eigenvalue weighted by Crippen LogP contribution is -2.69. The molecule has 1 saturated heterocycles. The first-order valence-corrected chi connectivity index (χ1v) is 16.6. The molecule has 1 amide bonds. The molecule has 1 aliphatic rings. The Balaban J connectivity index is 3.61. The number of carboxylic acid groups (broad SMARTS) is 1. The number of nitrogens with zero attached hydrogens (tertiary/aromatic N) is 1. The molecule has 162 valence electrons. The Labute approximate surface area is 174 Å². The Morgan fingerprint density at radius 2 is 1.64 bits per heavy atom. The third kappa shape index (κ3) is 4.84. The van der Waals surface area contributed by atoms with Crippen LogP contribution in [0.2, 0.25) is 37.8 Å². The number of hydrogen-bond acceptors (Lipinski definition) is 3. The van der Waals surface area contributed by atoms with Gasteiger partial charge >= 0.3 is 6.09 Å². The van der Waals surface area contributed by atoms with Crippen molar-refractivity contribution in [3.63, 3.8) is 0 Å². The molecular formula is C21H41NO4Si2. The third-order valence-electron chi connectivity index (χ3n) is 6.23. The first-order chi connectivity index (χ1) is 12.3. The summed E-state index contributed by atoms with van der Waals surface area (Å²) < 4.78 is 6.76. The average molecular weight is 428 g/mol. The van der Waals surface area contributed by atoms with Gasteiger partial charge in [0, 0.05) is 6.54 Å². The molecule has 1 heterocycles. The molecule has 0 aromatic heterocycles. The number of likely N-dealkylation sites (tertiary alicyclic amines) is 1. The molecule has 0 aromatic carbocycles. The fraction of sp³-hybridized carbons (Fsp3) is 0.857. The molecule has 0 bridgehead atoms. The Bertz CT molecular complexity index is 647. The van der Waals surface area contributed by atoms with Gasteiger partial charge in [0.2, 0.25) is 0 Å². The molecular weight excluding hydrogens is 386 g/mol. The molecule has 0 aromatic rings. The summed E-state index contributed by atoms with van der Waals surface area (Å²) in [7, 11) is -3.91. The molecule has 7 heteroatoms. The number of amides is 1. The van der Waals surface area contributed by atoms with Gasteiger partial charge < -0.3 is 14.6 Å². The summed E-state index contributed by atoms with van der Waals surface area (Å²) in [6, 6.07) is 0. The summed E-state index contributed by atoms with van der Waals surface area (Å²) in [6.07, 6.45) is -1.95. The van der Waals surface area contributed by atoms with Gasteiger partial charge in [-0.3, -0.25) is 4.90 Å². The molecule has 1 rings (SSSR count). The molecule has 0 aliphatic carbocycles. The van der Waals surface area contributed by atoms with Crippen molar-refractivity contribution in [2.45, 2.75) is 103 Å². The minimum atomic E-state index is -2.18. The van der Waals surface area contributed by atoms with Crippen molar-refractivity contribution < 1.29 is 19.4 Å². The Hall–Kier alpha value is -0.816. The smallest absolute Gasteiger partial charge is 0.407 e. The van der Waals surface area contributed by atoms with Crippen molar-refractivity contribution in [1.82, 2.24) is 4.90 Å². The predicted molar refractivity (Wildman–Crippen MR) is 121 cm³/mol. The van der Waals surface area contributed by atoms with Crippen LogP contribution in [0, 0.1) is 16.9 Å². The zero-order chi connectivity index (χ0) is 22.3. The number of hydrogen-bond donors (Lipinski definition) is 2. The molecule has 1 aliphatic heterocycles. The fourth-order valence-electron chi connectivity index (χ4n) is 3.78. The SMILES string of the molecule is CC(C)(C)[C@@]1(C(O)C#C[Si](C)(C)C)[C@@H](O[Si](C)(C)C(C)(C)C)CCN1C(=O)O. The van der Waals surface area contributed by atoms with Gasteiger partial charge in [0.15, 0.2) is 8.32 Å². The maximum atomic E-state index is 12.2. The van der Waals surface area contributed by atoms with Crippen molar-refractivity contribution in [2.75, 3.05) is 6.54 Å². The maximum Gasteiger partial charge on any atom is 0.407 e. The van der Waals surface area contributed by atoms with Gasteiger partial charge in [0.25, 0.3) is 0 Å². The second-order valence-corrected chi connectivity index (χ2v) is 21.1. The van der Waals surface area contributed by atoms with E-state index in [-0.39, 0.29) is 5.04 Å². The van der Waals surface area contributed by atoms with Crippen molar-refractivity contribution >= 4 is 22.5 Å². The van der Waals surface area contributed by atoms with Crippen molar-refractivity contribution in [3.05, 3.63) is 0 Å². The monoisotopic (exact) mass is 427 g/mol. The Morgan fingerprint density at radius 3 is 2.00 bits per heavy atom. The Morgan fingerprint density at radius 1 is 1.14 bits per heavy atom. The van der Waals surface area contributed by atoms with Crippen LogP contribution in [0.15, 0.2) is 0 Å². The minimum absolute atomic E-state index is 0.0117. The van der Waals surface area contributed by atoms with Crippen LogP contribution in [-0.2, 0) is 4.43 Å². The molecule has 2 N–H and O–H groups in total. The first kappa shape index (κ1) is 25.2. The highest BCUT2D eigenvalue weighted by Crippen LogP contribution is 2.50. The molecule has 1 unspecified atom stereocenters. The lowest BCUT2D eigenvalue weighted by Gasteiger charge is -2.53. The summed E-state index contributed by atoms with van der Waals surface area (Å²) in [4.78, 5) is 13.6. The number of carbonyl (C=O) groups is 1. The second-order valence-electron chi connectivity index (χ2n) is 11.6. The van der Waals surface area contributed by atoms with Crippen molar-refractivity contribution in [2.24, 2.45) is 5.41 Å². The largest absolute Gasteiger partial charge is 0.465 e. The van der Waals surface area contributed by atoms with Gasteiger partial charge in [-0.2, -0.15) is 0 Å². The Kier molecular flexibility index (Phi) is 7.01. The third-order valence-corrected chi connectivity index (χ3v) is 11.6. The van der Waals surface area contributed by atoms with E-state index >= 15 is 0 Å². The van der Waals surface area contributed by atoms with Gasteiger partial charge in [-0.05, 0) is 30.0 Å². The summed E-state index contributed by atoms with van der Waals surface area (Å²) in [5.41, 5.74) is 1.58. The summed E-state index contributed by atoms with van der Waals surface area (Å²) in [5, 5.41) is 21.4. The van der Waals surface area contributed by atoms with E-state index < -0.39 is 45.6 Å². The zero-order valence-corrected chi connectivity index (χ0v) is 21.7. The molecule has 5 nitrogen and oxygen atoms in total. The van der Waals surface area contributed by atoms with E-state index in [2.05, 4.69) is 65.0 Å². The van der Waals surface area contributed by atoms with Crippen molar-refractivity contribution in [3.8, 4) is 11.5 Å². The topological polar surface area (TPSA) is 70.0 Å². The average Bonchev–Trinajstić information content (AvgIpc) is 2.82. The summed E-state index contributed by atoms with van der Waals surface area (Å²) >= 11 is 0. The first-order valence-electron chi connectivity index (χ1n) is 10.2. The van der Waals surface area contributed by atoms with Crippen LogP contribution in [-0.4, -0.2) is 61.9 Å². The van der Waals surface area contributed by atoms with Gasteiger partial charge in [-0.1, -0.05) is 67.1 Å². The van der Waals surface area contributed by atoms with E-state index in [0.717, 1.165) is 0 Å². The highest BCUT2D eigenvalue weighted by atomic mass is 28.4. The lowest BCUT2D eigenvalue weighted by molar-refractivity contribution is -0.0914. The molecule has 0 spiro atoms. The number of rotatable bonds is 3. The van der Waals surface area contributed by atoms with E-state index in [9.17, 15) is 15.0 Å². The van der Waals surface area contributed by atoms with E-state index in [1.165, 1.54) is 4.90 Å². The zero-order valence-electron chi connectivity index (χ0n) is 19.7. The van der Waals surface area contributed by atoms with Gasteiger partial charge in [-0.15, -0.1) is 5.54 Å². The quantitative estimate of drug-likeness (QED) is 0.502. The maximum absolute atomic E-state index is 12.2. The van der Waals surface area contributed by atoms with E-state index in [4.69, 9.17) is 4.43 Å².